The zero-order valence-electron chi connectivity index (χ0n) is 5.44. The minimum Gasteiger partial charge on any atom is -0.277 e. The van der Waals surface area contributed by atoms with Crippen LogP contribution in [0.25, 0.3) is 10.9 Å². The highest BCUT2D eigenvalue weighted by Gasteiger charge is 2.01. The van der Waals surface area contributed by atoms with Gasteiger partial charge in [0, 0.05) is 5.39 Å². The molecule has 4 heteroatoms. The lowest BCUT2D eigenvalue weighted by Crippen LogP contribution is -1.72. The predicted molar refractivity (Wildman–Crippen MR) is 48.8 cm³/mol. The van der Waals surface area contributed by atoms with Gasteiger partial charge >= 0.3 is 0 Å². The second-order valence-electron chi connectivity index (χ2n) is 2.20. The lowest BCUT2D eigenvalue weighted by molar-refractivity contribution is 0.629. The lowest BCUT2D eigenvalue weighted by atomic mass is 10.2. The molecule has 0 spiro atoms. The van der Waals surface area contributed by atoms with Gasteiger partial charge in [0.15, 0.2) is 0 Å². The first kappa shape index (κ1) is 7.02. The highest BCUT2D eigenvalue weighted by molar-refractivity contribution is 14.1. The number of aromatic nitrogens is 2. The Labute approximate surface area is 75.9 Å². The summed E-state index contributed by atoms with van der Waals surface area (Å²) in [6.07, 6.45) is 0. The SMILES string of the molecule is Fc1ccc2[nH]nc(I)c2c1. The Bertz CT molecular complexity index is 396. The molecule has 0 aliphatic carbocycles. The maximum Gasteiger partial charge on any atom is 0.131 e. The Balaban J connectivity index is 2.87. The number of halogens is 2. The summed E-state index contributed by atoms with van der Waals surface area (Å²) in [5.74, 6) is -0.225. The zero-order chi connectivity index (χ0) is 7.84. The Morgan fingerprint density at radius 3 is 3.09 bits per heavy atom. The van der Waals surface area contributed by atoms with Crippen LogP contribution in [0.5, 0.6) is 0 Å². The van der Waals surface area contributed by atoms with Crippen LogP contribution in [0.3, 0.4) is 0 Å². The maximum atomic E-state index is 12.6. The summed E-state index contributed by atoms with van der Waals surface area (Å²) in [4.78, 5) is 0. The fourth-order valence-electron chi connectivity index (χ4n) is 0.954. The summed E-state index contributed by atoms with van der Waals surface area (Å²) in [7, 11) is 0. The second-order valence-corrected chi connectivity index (χ2v) is 3.23. The van der Waals surface area contributed by atoms with Gasteiger partial charge in [-0.15, -0.1) is 0 Å². The number of aromatic amines is 1. The number of rotatable bonds is 0. The maximum absolute atomic E-state index is 12.6. The number of hydrogen-bond acceptors (Lipinski definition) is 1. The smallest absolute Gasteiger partial charge is 0.131 e. The van der Waals surface area contributed by atoms with E-state index in [-0.39, 0.29) is 5.82 Å². The third-order valence-corrected chi connectivity index (χ3v) is 2.30. The quantitative estimate of drug-likeness (QED) is 0.725. The third kappa shape index (κ3) is 1.11. The predicted octanol–water partition coefficient (Wildman–Crippen LogP) is 2.31. The van der Waals surface area contributed by atoms with Gasteiger partial charge < -0.3 is 0 Å². The average molecular weight is 262 g/mol. The number of H-pyrrole nitrogens is 1. The highest BCUT2D eigenvalue weighted by atomic mass is 127. The monoisotopic (exact) mass is 262 g/mol. The first-order chi connectivity index (χ1) is 5.27. The third-order valence-electron chi connectivity index (χ3n) is 1.48. The van der Waals surface area contributed by atoms with E-state index in [1.54, 1.807) is 6.07 Å². The Morgan fingerprint density at radius 2 is 2.27 bits per heavy atom. The van der Waals surface area contributed by atoms with Gasteiger partial charge in [0.2, 0.25) is 0 Å². The number of hydrogen-bond donors (Lipinski definition) is 1. The lowest BCUT2D eigenvalue weighted by Gasteiger charge is -1.87. The second kappa shape index (κ2) is 2.44. The van der Waals surface area contributed by atoms with Crippen molar-refractivity contribution in [3.8, 4) is 0 Å². The summed E-state index contributed by atoms with van der Waals surface area (Å²) >= 11 is 2.06. The first-order valence-corrected chi connectivity index (χ1v) is 4.14. The molecule has 11 heavy (non-hydrogen) atoms. The molecule has 0 saturated carbocycles. The van der Waals surface area contributed by atoms with Crippen molar-refractivity contribution in [2.24, 2.45) is 0 Å². The molecule has 1 aromatic heterocycles. The molecule has 0 bridgehead atoms. The molecule has 0 aliphatic heterocycles. The molecule has 0 fully saturated rings. The standard InChI is InChI=1S/C7H4FIN2/c8-4-1-2-6-5(3-4)7(9)11-10-6/h1-3H,(H,10,11). The van der Waals surface area contributed by atoms with Crippen molar-refractivity contribution in [1.82, 2.24) is 10.2 Å². The number of fused-ring (bicyclic) bond motifs is 1. The van der Waals surface area contributed by atoms with E-state index in [2.05, 4.69) is 32.8 Å². The van der Waals surface area contributed by atoms with Crippen LogP contribution in [0, 0.1) is 9.52 Å². The van der Waals surface area contributed by atoms with Crippen LogP contribution < -0.4 is 0 Å². The summed E-state index contributed by atoms with van der Waals surface area (Å²) in [6.45, 7) is 0. The minimum absolute atomic E-state index is 0.225. The van der Waals surface area contributed by atoms with E-state index in [9.17, 15) is 4.39 Å². The van der Waals surface area contributed by atoms with Crippen molar-refractivity contribution in [3.63, 3.8) is 0 Å². The van der Waals surface area contributed by atoms with Crippen molar-refractivity contribution < 1.29 is 4.39 Å². The van der Waals surface area contributed by atoms with E-state index in [1.807, 2.05) is 0 Å². The molecular weight excluding hydrogens is 258 g/mol. The van der Waals surface area contributed by atoms with E-state index < -0.39 is 0 Å². The summed E-state index contributed by atoms with van der Waals surface area (Å²) < 4.78 is 13.5. The van der Waals surface area contributed by atoms with E-state index in [0.29, 0.717) is 0 Å². The minimum atomic E-state index is -0.225. The van der Waals surface area contributed by atoms with Crippen LogP contribution in [-0.4, -0.2) is 10.2 Å². The summed E-state index contributed by atoms with van der Waals surface area (Å²) in [5.41, 5.74) is 0.871. The normalized spacial score (nSPS) is 10.7. The van der Waals surface area contributed by atoms with Crippen LogP contribution in [0.2, 0.25) is 0 Å². The number of nitrogens with one attached hydrogen (secondary N) is 1. The van der Waals surface area contributed by atoms with Gasteiger partial charge in [-0.3, -0.25) is 5.10 Å². The molecule has 1 aromatic carbocycles. The number of benzene rings is 1. The average Bonchev–Trinajstić information content (AvgIpc) is 2.33. The summed E-state index contributed by atoms with van der Waals surface area (Å²) in [5, 5.41) is 7.56. The van der Waals surface area contributed by atoms with Crippen LogP contribution in [0.4, 0.5) is 4.39 Å². The molecule has 2 aromatic rings. The van der Waals surface area contributed by atoms with Crippen molar-refractivity contribution in [3.05, 3.63) is 27.7 Å². The van der Waals surface area contributed by atoms with Gasteiger partial charge in [-0.25, -0.2) is 4.39 Å². The van der Waals surface area contributed by atoms with Crippen LogP contribution in [-0.2, 0) is 0 Å². The van der Waals surface area contributed by atoms with Gasteiger partial charge in [-0.1, -0.05) is 0 Å². The molecule has 1 heterocycles. The molecule has 1 N–H and O–H groups in total. The molecule has 2 nitrogen and oxygen atoms in total. The van der Waals surface area contributed by atoms with Gasteiger partial charge in [0.1, 0.15) is 9.52 Å². The van der Waals surface area contributed by atoms with Gasteiger partial charge in [-0.2, -0.15) is 5.10 Å². The Morgan fingerprint density at radius 1 is 1.45 bits per heavy atom. The van der Waals surface area contributed by atoms with Crippen molar-refractivity contribution in [2.45, 2.75) is 0 Å². The highest BCUT2D eigenvalue weighted by Crippen LogP contribution is 2.17. The van der Waals surface area contributed by atoms with E-state index >= 15 is 0 Å². The first-order valence-electron chi connectivity index (χ1n) is 3.06. The van der Waals surface area contributed by atoms with Crippen LogP contribution >= 0.6 is 22.6 Å². The molecule has 0 saturated heterocycles. The largest absolute Gasteiger partial charge is 0.277 e. The molecule has 2 rings (SSSR count). The molecule has 56 valence electrons. The van der Waals surface area contributed by atoms with Gasteiger partial charge in [0.25, 0.3) is 0 Å². The van der Waals surface area contributed by atoms with Crippen molar-refractivity contribution >= 4 is 33.5 Å². The van der Waals surface area contributed by atoms with Gasteiger partial charge in [0.05, 0.1) is 5.52 Å². The van der Waals surface area contributed by atoms with Crippen molar-refractivity contribution in [2.75, 3.05) is 0 Å². The van der Waals surface area contributed by atoms with Gasteiger partial charge in [-0.05, 0) is 40.8 Å². The molecule has 0 amide bonds. The molecule has 0 atom stereocenters. The van der Waals surface area contributed by atoms with Crippen molar-refractivity contribution in [1.29, 1.82) is 0 Å². The van der Waals surface area contributed by atoms with E-state index in [4.69, 9.17) is 0 Å². The fourth-order valence-corrected chi connectivity index (χ4v) is 1.52. The van der Waals surface area contributed by atoms with E-state index in [0.717, 1.165) is 14.6 Å². The molecule has 0 radical (unpaired) electrons. The zero-order valence-corrected chi connectivity index (χ0v) is 7.59. The molecular formula is C7H4FIN2. The Kier molecular flexibility index (Phi) is 1.56. The fraction of sp³-hybridized carbons (Fsp3) is 0. The molecule has 0 aliphatic rings. The number of nitrogens with zero attached hydrogens (tertiary/aromatic N) is 1. The summed E-state index contributed by atoms with van der Waals surface area (Å²) in [6, 6.07) is 4.57. The molecule has 0 unspecified atom stereocenters. The van der Waals surface area contributed by atoms with E-state index in [1.165, 1.54) is 12.1 Å². The Hall–Kier alpha value is -0.650. The van der Waals surface area contributed by atoms with Crippen LogP contribution in [0.15, 0.2) is 18.2 Å². The topological polar surface area (TPSA) is 28.7 Å². The van der Waals surface area contributed by atoms with Crippen LogP contribution in [0.1, 0.15) is 0 Å².